The highest BCUT2D eigenvalue weighted by molar-refractivity contribution is 5.48. The summed E-state index contributed by atoms with van der Waals surface area (Å²) in [5, 5.41) is 0. The molecule has 0 fully saturated rings. The molecule has 0 bridgehead atoms. The van der Waals surface area contributed by atoms with Crippen LogP contribution in [0.3, 0.4) is 0 Å². The van der Waals surface area contributed by atoms with Gasteiger partial charge in [-0.3, -0.25) is 0 Å². The molecule has 1 unspecified atom stereocenters. The van der Waals surface area contributed by atoms with E-state index in [2.05, 4.69) is 72.7 Å². The molecule has 0 aromatic heterocycles. The third kappa shape index (κ3) is 20.8. The number of aldehydes is 1. The normalized spacial score (nSPS) is 11.5. The largest absolute Gasteiger partial charge is 0.384 e. The van der Waals surface area contributed by atoms with Gasteiger partial charge in [0.05, 0.1) is 6.61 Å². The molecule has 0 aromatic rings. The lowest BCUT2D eigenvalue weighted by atomic mass is 9.92. The monoisotopic (exact) mass is 428 g/mol. The Morgan fingerprint density at radius 3 is 1.90 bits per heavy atom. The van der Waals surface area contributed by atoms with Gasteiger partial charge >= 0.3 is 0 Å². The molecule has 0 spiro atoms. The van der Waals surface area contributed by atoms with Crippen LogP contribution in [0.15, 0.2) is 85.1 Å². The predicted molar refractivity (Wildman–Crippen MR) is 141 cm³/mol. The van der Waals surface area contributed by atoms with Gasteiger partial charge in [0.25, 0.3) is 0 Å². The Hall–Kier alpha value is -2.19. The third-order valence-corrected chi connectivity index (χ3v) is 4.53. The summed E-state index contributed by atoms with van der Waals surface area (Å²) in [5.41, 5.74) is 5.29. The van der Waals surface area contributed by atoms with Crippen LogP contribution < -0.4 is 0 Å². The van der Waals surface area contributed by atoms with Crippen LogP contribution in [0.1, 0.15) is 67.2 Å². The first-order valence-electron chi connectivity index (χ1n) is 11.1. The second kappa shape index (κ2) is 22.5. The average molecular weight is 429 g/mol. The summed E-state index contributed by atoms with van der Waals surface area (Å²) in [6, 6.07) is 0. The number of rotatable bonds is 13. The highest BCUT2D eigenvalue weighted by Gasteiger charge is 2.06. The molecule has 0 heterocycles. The zero-order valence-corrected chi connectivity index (χ0v) is 21.4. The predicted octanol–water partition coefficient (Wildman–Crippen LogP) is 8.61. The molecule has 0 aromatic carbocycles. The van der Waals surface area contributed by atoms with Crippen molar-refractivity contribution in [3.05, 3.63) is 85.1 Å². The van der Waals surface area contributed by atoms with Crippen molar-refractivity contribution < 1.29 is 9.53 Å². The molecule has 0 aliphatic rings. The highest BCUT2D eigenvalue weighted by Crippen LogP contribution is 2.23. The topological polar surface area (TPSA) is 26.3 Å². The van der Waals surface area contributed by atoms with E-state index in [1.807, 2.05) is 13.0 Å². The molecule has 1 atom stereocenters. The van der Waals surface area contributed by atoms with Gasteiger partial charge in [-0.05, 0) is 61.7 Å². The summed E-state index contributed by atoms with van der Waals surface area (Å²) in [6.07, 6.45) is 12.9. The molecule has 2 heteroatoms. The zero-order chi connectivity index (χ0) is 24.8. The van der Waals surface area contributed by atoms with E-state index in [0.717, 1.165) is 47.3 Å². The molecule has 176 valence electrons. The molecule has 2 nitrogen and oxygen atoms in total. The number of carbonyl (C=O) groups excluding carboxylic acids is 1. The highest BCUT2D eigenvalue weighted by atomic mass is 16.5. The van der Waals surface area contributed by atoms with Gasteiger partial charge in [0.2, 0.25) is 0 Å². The molecule has 0 rings (SSSR count). The maximum atomic E-state index is 8.81. The molecule has 0 N–H and O–H groups in total. The van der Waals surface area contributed by atoms with Crippen LogP contribution >= 0.6 is 0 Å². The van der Waals surface area contributed by atoms with E-state index in [1.54, 1.807) is 13.2 Å². The summed E-state index contributed by atoms with van der Waals surface area (Å²) in [6.45, 7) is 32.9. The van der Waals surface area contributed by atoms with Crippen LogP contribution in [-0.2, 0) is 9.53 Å². The lowest BCUT2D eigenvalue weighted by Crippen LogP contribution is -1.99. The van der Waals surface area contributed by atoms with Gasteiger partial charge in [-0.25, -0.2) is 0 Å². The third-order valence-electron chi connectivity index (χ3n) is 4.53. The maximum Gasteiger partial charge on any atom is 0.116 e. The van der Waals surface area contributed by atoms with Crippen molar-refractivity contribution >= 4 is 6.29 Å². The first-order chi connectivity index (χ1) is 14.6. The molecule has 31 heavy (non-hydrogen) atoms. The summed E-state index contributed by atoms with van der Waals surface area (Å²) < 4.78 is 5.19. The van der Waals surface area contributed by atoms with Crippen LogP contribution in [0.5, 0.6) is 0 Å². The van der Waals surface area contributed by atoms with Gasteiger partial charge in [-0.15, -0.1) is 6.58 Å². The Labute approximate surface area is 193 Å². The second-order valence-corrected chi connectivity index (χ2v) is 7.84. The van der Waals surface area contributed by atoms with Gasteiger partial charge < -0.3 is 9.53 Å². The Balaban J connectivity index is -0.00000116. The van der Waals surface area contributed by atoms with E-state index in [9.17, 15) is 0 Å². The van der Waals surface area contributed by atoms with Crippen LogP contribution in [0, 0.1) is 11.8 Å². The SMILES string of the molecule is C=C(/C=C\C(=C)C(C)CCC(C)C)C(=C)/C=C(/CCOC)C(=C)CC.C=CC.CC=O. The van der Waals surface area contributed by atoms with Crippen molar-refractivity contribution in [1.82, 2.24) is 0 Å². The fourth-order valence-corrected chi connectivity index (χ4v) is 2.34. The molecular weight excluding hydrogens is 380 g/mol. The summed E-state index contributed by atoms with van der Waals surface area (Å²) in [4.78, 5) is 8.81. The number of carbonyl (C=O) groups is 1. The maximum absolute atomic E-state index is 8.81. The summed E-state index contributed by atoms with van der Waals surface area (Å²) in [7, 11) is 1.72. The minimum absolute atomic E-state index is 0.493. The second-order valence-electron chi connectivity index (χ2n) is 7.84. The lowest BCUT2D eigenvalue weighted by Gasteiger charge is -2.13. The molecule has 0 aliphatic carbocycles. The Bertz CT molecular complexity index is 609. The minimum atomic E-state index is 0.493. The Morgan fingerprint density at radius 1 is 0.968 bits per heavy atom. The lowest BCUT2D eigenvalue weighted by molar-refractivity contribution is -0.106. The van der Waals surface area contributed by atoms with Crippen LogP contribution in [0.4, 0.5) is 0 Å². The number of ether oxygens (including phenoxy) is 1. The molecule has 0 amide bonds. The van der Waals surface area contributed by atoms with E-state index in [1.165, 1.54) is 25.3 Å². The molecule has 0 saturated heterocycles. The van der Waals surface area contributed by atoms with Crippen LogP contribution in [0.2, 0.25) is 0 Å². The van der Waals surface area contributed by atoms with Crippen molar-refractivity contribution in [1.29, 1.82) is 0 Å². The first-order valence-corrected chi connectivity index (χ1v) is 11.1. The number of hydrogen-bond acceptors (Lipinski definition) is 2. The van der Waals surface area contributed by atoms with E-state index in [-0.39, 0.29) is 0 Å². The van der Waals surface area contributed by atoms with E-state index >= 15 is 0 Å². The number of hydrogen-bond donors (Lipinski definition) is 0. The van der Waals surface area contributed by atoms with Crippen molar-refractivity contribution in [2.75, 3.05) is 13.7 Å². The zero-order valence-electron chi connectivity index (χ0n) is 21.4. The average Bonchev–Trinajstić information content (AvgIpc) is 2.73. The van der Waals surface area contributed by atoms with Crippen LogP contribution in [0.25, 0.3) is 0 Å². The molecular formula is C29H48O2. The van der Waals surface area contributed by atoms with Crippen molar-refractivity contribution in [3.8, 4) is 0 Å². The molecule has 0 aliphatic heterocycles. The van der Waals surface area contributed by atoms with E-state index in [4.69, 9.17) is 9.53 Å². The van der Waals surface area contributed by atoms with Crippen molar-refractivity contribution in [2.45, 2.75) is 67.2 Å². The number of methoxy groups -OCH3 is 1. The Morgan fingerprint density at radius 2 is 1.48 bits per heavy atom. The fraction of sp³-hybridized carbons (Fsp3) is 0.483. The van der Waals surface area contributed by atoms with Gasteiger partial charge in [0, 0.05) is 7.11 Å². The minimum Gasteiger partial charge on any atom is -0.384 e. The van der Waals surface area contributed by atoms with E-state index in [0.29, 0.717) is 12.5 Å². The van der Waals surface area contributed by atoms with Crippen LogP contribution in [-0.4, -0.2) is 20.0 Å². The smallest absolute Gasteiger partial charge is 0.116 e. The number of allylic oxidation sites excluding steroid dienone is 8. The van der Waals surface area contributed by atoms with Gasteiger partial charge in [-0.2, -0.15) is 0 Å². The van der Waals surface area contributed by atoms with Gasteiger partial charge in [-0.1, -0.05) is 95.9 Å². The van der Waals surface area contributed by atoms with Crippen molar-refractivity contribution in [2.24, 2.45) is 11.8 Å². The van der Waals surface area contributed by atoms with Crippen molar-refractivity contribution in [3.63, 3.8) is 0 Å². The van der Waals surface area contributed by atoms with Gasteiger partial charge in [0.15, 0.2) is 0 Å². The first kappa shape index (κ1) is 33.4. The standard InChI is InChI=1S/C24H38O.C3H6.C2H4O/c1-10-19(4)24(15-16-25-9)17-23(8)22(7)14-13-21(6)20(5)12-11-18(2)3;1-3-2;1-2-3/h13-14,17-18,20H,4,6-8,10-12,15-16H2,1-3,5,9H3;3H,1H2,2H3;2H,1H3/b14-13-,24-17-;;. The summed E-state index contributed by atoms with van der Waals surface area (Å²) >= 11 is 0. The quantitative estimate of drug-likeness (QED) is 0.167. The van der Waals surface area contributed by atoms with Gasteiger partial charge in [0.1, 0.15) is 6.29 Å². The summed E-state index contributed by atoms with van der Waals surface area (Å²) in [5.74, 6) is 1.23. The fourth-order valence-electron chi connectivity index (χ4n) is 2.34. The molecule has 0 radical (unpaired) electrons. The molecule has 0 saturated carbocycles. The van der Waals surface area contributed by atoms with E-state index < -0.39 is 0 Å². The Kier molecular flexibility index (Phi) is 24.3.